The molecular formula is C25H26N6O5. The van der Waals surface area contributed by atoms with Gasteiger partial charge in [0.1, 0.15) is 6.10 Å². The molecule has 0 amide bonds. The summed E-state index contributed by atoms with van der Waals surface area (Å²) in [6.07, 6.45) is 1.64. The molecule has 0 aliphatic carbocycles. The number of aromatic nitrogens is 4. The maximum absolute atomic E-state index is 12.0. The molecule has 0 saturated carbocycles. The first-order chi connectivity index (χ1) is 17.6. The van der Waals surface area contributed by atoms with Crippen LogP contribution in [-0.2, 0) is 4.74 Å². The predicted molar refractivity (Wildman–Crippen MR) is 132 cm³/mol. The Morgan fingerprint density at radius 3 is 2.42 bits per heavy atom. The van der Waals surface area contributed by atoms with Gasteiger partial charge >= 0.3 is 5.97 Å². The van der Waals surface area contributed by atoms with E-state index in [9.17, 15) is 4.79 Å². The predicted octanol–water partition coefficient (Wildman–Crippen LogP) is 3.99. The Morgan fingerprint density at radius 1 is 1.03 bits per heavy atom. The van der Waals surface area contributed by atoms with Crippen LogP contribution in [0.5, 0.6) is 11.5 Å². The number of piperidine rings is 1. The molecule has 11 heteroatoms. The summed E-state index contributed by atoms with van der Waals surface area (Å²) in [7, 11) is 1.64. The molecule has 2 aromatic carbocycles. The molecule has 0 unspecified atom stereocenters. The number of carbonyl (C=O) groups is 1. The van der Waals surface area contributed by atoms with Crippen molar-refractivity contribution in [2.45, 2.75) is 25.9 Å². The molecule has 0 bridgehead atoms. The fraction of sp³-hybridized carbons (Fsp3) is 0.320. The number of benzene rings is 2. The lowest BCUT2D eigenvalue weighted by atomic mass is 10.1. The van der Waals surface area contributed by atoms with Crippen molar-refractivity contribution in [3.63, 3.8) is 0 Å². The molecule has 1 fully saturated rings. The first kappa shape index (κ1) is 23.3. The molecule has 1 aliphatic rings. The molecule has 4 aromatic rings. The molecule has 1 aliphatic heterocycles. The van der Waals surface area contributed by atoms with Crippen molar-refractivity contribution < 1.29 is 23.6 Å². The molecule has 2 aromatic heterocycles. The van der Waals surface area contributed by atoms with Gasteiger partial charge in [0.25, 0.3) is 0 Å². The van der Waals surface area contributed by atoms with Gasteiger partial charge in [0.05, 0.1) is 19.3 Å². The van der Waals surface area contributed by atoms with E-state index in [0.29, 0.717) is 48.2 Å². The number of rotatable bonds is 8. The van der Waals surface area contributed by atoms with E-state index in [-0.39, 0.29) is 12.1 Å². The Balaban J connectivity index is 1.32. The van der Waals surface area contributed by atoms with E-state index < -0.39 is 0 Å². The van der Waals surface area contributed by atoms with E-state index in [1.807, 2.05) is 24.3 Å². The van der Waals surface area contributed by atoms with Gasteiger partial charge in [-0.15, -0.1) is 0 Å². The van der Waals surface area contributed by atoms with Crippen LogP contribution in [0.2, 0.25) is 0 Å². The smallest absolute Gasteiger partial charge is 0.338 e. The molecule has 0 atom stereocenters. The summed E-state index contributed by atoms with van der Waals surface area (Å²) in [6.45, 7) is 3.52. The number of ether oxygens (including phenoxy) is 3. The van der Waals surface area contributed by atoms with Gasteiger partial charge in [-0.25, -0.2) is 19.4 Å². The monoisotopic (exact) mass is 490 g/mol. The van der Waals surface area contributed by atoms with Gasteiger partial charge in [-0.2, -0.15) is 0 Å². The number of hydrogen-bond acceptors (Lipinski definition) is 11. The van der Waals surface area contributed by atoms with E-state index in [4.69, 9.17) is 18.8 Å². The number of carbonyl (C=O) groups excluding carboxylic acids is 1. The van der Waals surface area contributed by atoms with Crippen LogP contribution in [-0.4, -0.2) is 59.2 Å². The minimum absolute atomic E-state index is 0.0507. The van der Waals surface area contributed by atoms with Gasteiger partial charge in [-0.1, -0.05) is 12.1 Å². The number of methoxy groups -OCH3 is 1. The first-order valence-electron chi connectivity index (χ1n) is 11.7. The third kappa shape index (κ3) is 4.99. The molecular weight excluding hydrogens is 464 g/mol. The number of nitrogens with zero attached hydrogens (tertiary/aromatic N) is 5. The van der Waals surface area contributed by atoms with Crippen molar-refractivity contribution in [3.05, 3.63) is 54.1 Å². The highest BCUT2D eigenvalue weighted by Gasteiger charge is 2.26. The van der Waals surface area contributed by atoms with Crippen molar-refractivity contribution in [2.75, 3.05) is 37.0 Å². The van der Waals surface area contributed by atoms with Crippen LogP contribution >= 0.6 is 0 Å². The van der Waals surface area contributed by atoms with E-state index in [2.05, 4.69) is 30.5 Å². The largest absolute Gasteiger partial charge is 0.493 e. The SMILES string of the molecule is CCOC(=O)c1ccc(Nc2nc3nonc3nc2N2CCC(Oc3ccccc3OC)CC2)cc1. The van der Waals surface area contributed by atoms with Gasteiger partial charge in [-0.05, 0) is 53.6 Å². The zero-order chi connectivity index (χ0) is 24.9. The lowest BCUT2D eigenvalue weighted by Gasteiger charge is -2.33. The molecule has 3 heterocycles. The van der Waals surface area contributed by atoms with Gasteiger partial charge in [0.15, 0.2) is 23.1 Å². The molecule has 0 radical (unpaired) electrons. The Bertz CT molecular complexity index is 1330. The van der Waals surface area contributed by atoms with Crippen LogP contribution in [0.1, 0.15) is 30.1 Å². The average molecular weight is 491 g/mol. The van der Waals surface area contributed by atoms with Crippen molar-refractivity contribution >= 4 is 34.6 Å². The highest BCUT2D eigenvalue weighted by atomic mass is 16.6. The number of fused-ring (bicyclic) bond motifs is 1. The molecule has 11 nitrogen and oxygen atoms in total. The molecule has 5 rings (SSSR count). The second-order valence-electron chi connectivity index (χ2n) is 8.19. The lowest BCUT2D eigenvalue weighted by Crippen LogP contribution is -2.39. The number of para-hydroxylation sites is 2. The lowest BCUT2D eigenvalue weighted by molar-refractivity contribution is 0.0526. The van der Waals surface area contributed by atoms with Crippen LogP contribution in [0.15, 0.2) is 53.2 Å². The van der Waals surface area contributed by atoms with E-state index >= 15 is 0 Å². The van der Waals surface area contributed by atoms with Crippen molar-refractivity contribution in [2.24, 2.45) is 0 Å². The van der Waals surface area contributed by atoms with Crippen molar-refractivity contribution in [1.82, 2.24) is 20.3 Å². The Kier molecular flexibility index (Phi) is 6.78. The topological polar surface area (TPSA) is 125 Å². The van der Waals surface area contributed by atoms with Crippen LogP contribution in [0, 0.1) is 0 Å². The fourth-order valence-electron chi connectivity index (χ4n) is 4.06. The van der Waals surface area contributed by atoms with Crippen molar-refractivity contribution in [1.29, 1.82) is 0 Å². The third-order valence-electron chi connectivity index (χ3n) is 5.86. The first-order valence-corrected chi connectivity index (χ1v) is 11.7. The highest BCUT2D eigenvalue weighted by Crippen LogP contribution is 2.32. The maximum Gasteiger partial charge on any atom is 0.338 e. The summed E-state index contributed by atoms with van der Waals surface area (Å²) >= 11 is 0. The van der Waals surface area contributed by atoms with Crippen LogP contribution < -0.4 is 19.7 Å². The average Bonchev–Trinajstić information content (AvgIpc) is 3.37. The van der Waals surface area contributed by atoms with Gasteiger partial charge in [0.2, 0.25) is 11.3 Å². The molecule has 1 saturated heterocycles. The minimum atomic E-state index is -0.363. The number of anilines is 3. The number of esters is 1. The second-order valence-corrected chi connectivity index (χ2v) is 8.19. The normalized spacial score (nSPS) is 14.0. The summed E-state index contributed by atoms with van der Waals surface area (Å²) in [6, 6.07) is 14.6. The minimum Gasteiger partial charge on any atom is -0.493 e. The van der Waals surface area contributed by atoms with Gasteiger partial charge in [-0.3, -0.25) is 0 Å². The standard InChI is InChI=1S/C25H26N6O5/c1-3-34-25(32)16-8-10-17(11-9-16)26-23-24(28-22-21(27-23)29-36-30-22)31-14-12-18(13-15-31)35-20-7-5-4-6-19(20)33-2/h4-11,18H,3,12-15H2,1-2H3,(H,26,27,29). The molecule has 186 valence electrons. The summed E-state index contributed by atoms with van der Waals surface area (Å²) in [4.78, 5) is 23.3. The summed E-state index contributed by atoms with van der Waals surface area (Å²) in [5, 5.41) is 11.0. The van der Waals surface area contributed by atoms with E-state index in [1.54, 1.807) is 38.3 Å². The molecule has 0 spiro atoms. The number of nitrogens with one attached hydrogen (secondary N) is 1. The quantitative estimate of drug-likeness (QED) is 0.360. The summed E-state index contributed by atoms with van der Waals surface area (Å²) < 4.78 is 21.5. The van der Waals surface area contributed by atoms with E-state index in [1.165, 1.54) is 0 Å². The Labute approximate surface area is 207 Å². The third-order valence-corrected chi connectivity index (χ3v) is 5.86. The van der Waals surface area contributed by atoms with Crippen LogP contribution in [0.4, 0.5) is 17.3 Å². The zero-order valence-electron chi connectivity index (χ0n) is 20.0. The van der Waals surface area contributed by atoms with Crippen LogP contribution in [0.25, 0.3) is 11.3 Å². The second kappa shape index (κ2) is 10.5. The fourth-order valence-corrected chi connectivity index (χ4v) is 4.06. The Hall–Kier alpha value is -4.41. The Morgan fingerprint density at radius 2 is 1.72 bits per heavy atom. The molecule has 36 heavy (non-hydrogen) atoms. The van der Waals surface area contributed by atoms with Gasteiger partial charge in [0, 0.05) is 31.6 Å². The summed E-state index contributed by atoms with van der Waals surface area (Å²) in [5.74, 6) is 2.25. The van der Waals surface area contributed by atoms with E-state index in [0.717, 1.165) is 30.0 Å². The highest BCUT2D eigenvalue weighted by molar-refractivity contribution is 5.90. The maximum atomic E-state index is 12.0. The molecule has 1 N–H and O–H groups in total. The zero-order valence-corrected chi connectivity index (χ0v) is 20.0. The van der Waals surface area contributed by atoms with Crippen molar-refractivity contribution in [3.8, 4) is 11.5 Å². The van der Waals surface area contributed by atoms with Crippen LogP contribution in [0.3, 0.4) is 0 Å². The van der Waals surface area contributed by atoms with Gasteiger partial charge < -0.3 is 24.4 Å². The summed E-state index contributed by atoms with van der Waals surface area (Å²) in [5.41, 5.74) is 1.85. The number of hydrogen-bond donors (Lipinski definition) is 1.